The van der Waals surface area contributed by atoms with Gasteiger partial charge in [-0.15, -0.1) is 0 Å². The zero-order chi connectivity index (χ0) is 11.6. The molecule has 15 heavy (non-hydrogen) atoms. The maximum absolute atomic E-state index is 12.5. The first-order chi connectivity index (χ1) is 6.99. The Labute approximate surface area is 97.5 Å². The second kappa shape index (κ2) is 4.85. The van der Waals surface area contributed by atoms with E-state index in [0.717, 1.165) is 13.3 Å². The number of halogens is 4. The lowest BCUT2D eigenvalue weighted by atomic mass is 10.2. The molecule has 82 valence electrons. The first-order valence-corrected chi connectivity index (χ1v) is 4.86. The number of carbonyl (C=O) groups is 1. The van der Waals surface area contributed by atoms with Gasteiger partial charge in [0.15, 0.2) is 5.69 Å². The predicted molar refractivity (Wildman–Crippen MR) is 53.2 cm³/mol. The van der Waals surface area contributed by atoms with Crippen molar-refractivity contribution in [3.8, 4) is 0 Å². The minimum atomic E-state index is -2.79. The van der Waals surface area contributed by atoms with E-state index >= 15 is 0 Å². The van der Waals surface area contributed by atoms with E-state index in [4.69, 9.17) is 11.6 Å². The largest absolute Gasteiger partial charge is 0.464 e. The number of methoxy groups -OCH3 is 1. The van der Waals surface area contributed by atoms with Crippen molar-refractivity contribution in [3.05, 3.63) is 26.9 Å². The van der Waals surface area contributed by atoms with E-state index in [9.17, 15) is 13.6 Å². The summed E-state index contributed by atoms with van der Waals surface area (Å²) in [6.07, 6.45) is -1.81. The summed E-state index contributed by atoms with van der Waals surface area (Å²) in [5.74, 6) is -0.805. The Hall–Kier alpha value is -0.750. The van der Waals surface area contributed by atoms with Crippen LogP contribution in [0.3, 0.4) is 0 Å². The van der Waals surface area contributed by atoms with Crippen LogP contribution in [0.5, 0.6) is 0 Å². The number of esters is 1. The monoisotopic (exact) mass is 299 g/mol. The van der Waals surface area contributed by atoms with Crippen LogP contribution in [0.25, 0.3) is 0 Å². The number of pyridine rings is 1. The Kier molecular flexibility index (Phi) is 3.98. The summed E-state index contributed by atoms with van der Waals surface area (Å²) in [7, 11) is 1.13. The fourth-order valence-corrected chi connectivity index (χ4v) is 1.91. The Morgan fingerprint density at radius 2 is 2.27 bits per heavy atom. The molecule has 0 unspecified atom stereocenters. The lowest BCUT2D eigenvalue weighted by Crippen LogP contribution is -2.07. The molecule has 1 rings (SSSR count). The Morgan fingerprint density at radius 1 is 1.67 bits per heavy atom. The number of aromatic nitrogens is 1. The normalized spacial score (nSPS) is 10.5. The Morgan fingerprint density at radius 3 is 2.73 bits per heavy atom. The minimum Gasteiger partial charge on any atom is -0.464 e. The lowest BCUT2D eigenvalue weighted by Gasteiger charge is -2.08. The van der Waals surface area contributed by atoms with Crippen LogP contribution in [-0.4, -0.2) is 18.1 Å². The van der Waals surface area contributed by atoms with Crippen molar-refractivity contribution in [2.75, 3.05) is 7.11 Å². The molecule has 0 aliphatic heterocycles. The molecular formula is C8H5BrClF2NO2. The van der Waals surface area contributed by atoms with Gasteiger partial charge in [-0.25, -0.2) is 18.6 Å². The van der Waals surface area contributed by atoms with Crippen LogP contribution in [0, 0.1) is 0 Å². The molecule has 1 heterocycles. The summed E-state index contributed by atoms with van der Waals surface area (Å²) in [6, 6.07) is 0. The smallest absolute Gasteiger partial charge is 0.357 e. The second-order valence-corrected chi connectivity index (χ2v) is 3.67. The van der Waals surface area contributed by atoms with Gasteiger partial charge in [-0.2, -0.15) is 0 Å². The van der Waals surface area contributed by atoms with Gasteiger partial charge >= 0.3 is 5.97 Å². The summed E-state index contributed by atoms with van der Waals surface area (Å²) in [5.41, 5.74) is -0.690. The highest BCUT2D eigenvalue weighted by Gasteiger charge is 2.23. The first kappa shape index (κ1) is 12.3. The quantitative estimate of drug-likeness (QED) is 0.787. The molecule has 0 aliphatic carbocycles. The van der Waals surface area contributed by atoms with Crippen LogP contribution in [0.2, 0.25) is 5.02 Å². The van der Waals surface area contributed by atoms with Crippen molar-refractivity contribution < 1.29 is 18.3 Å². The van der Waals surface area contributed by atoms with Crippen LogP contribution >= 0.6 is 27.5 Å². The third kappa shape index (κ3) is 2.43. The summed E-state index contributed by atoms with van der Waals surface area (Å²) < 4.78 is 29.3. The van der Waals surface area contributed by atoms with Crippen molar-refractivity contribution in [2.45, 2.75) is 6.43 Å². The van der Waals surface area contributed by atoms with Gasteiger partial charge in [0.05, 0.1) is 22.2 Å². The molecule has 0 aliphatic rings. The number of carbonyl (C=O) groups excluding carboxylic acids is 1. The van der Waals surface area contributed by atoms with Crippen LogP contribution in [-0.2, 0) is 4.74 Å². The van der Waals surface area contributed by atoms with Gasteiger partial charge in [0.2, 0.25) is 0 Å². The number of alkyl halides is 2. The van der Waals surface area contributed by atoms with E-state index in [0.29, 0.717) is 0 Å². The van der Waals surface area contributed by atoms with Crippen LogP contribution in [0.4, 0.5) is 8.78 Å². The molecule has 0 saturated heterocycles. The van der Waals surface area contributed by atoms with E-state index in [1.807, 2.05) is 0 Å². The van der Waals surface area contributed by atoms with Crippen molar-refractivity contribution >= 4 is 33.5 Å². The van der Waals surface area contributed by atoms with Gasteiger partial charge in [-0.3, -0.25) is 0 Å². The standard InChI is InChI=1S/C8H5BrClF2NO2/c1-15-8(14)6-5(9)4(7(11)12)3(10)2-13-6/h2,7H,1H3. The average Bonchev–Trinajstić information content (AvgIpc) is 2.16. The minimum absolute atomic E-state index is 0.142. The molecule has 0 amide bonds. The third-order valence-corrected chi connectivity index (χ3v) is 2.71. The SMILES string of the molecule is COC(=O)c1ncc(Cl)c(C(F)F)c1Br. The van der Waals surface area contributed by atoms with E-state index in [1.165, 1.54) is 0 Å². The Balaban J connectivity index is 3.35. The highest BCUT2D eigenvalue weighted by molar-refractivity contribution is 9.10. The van der Waals surface area contributed by atoms with Gasteiger partial charge in [0.25, 0.3) is 6.43 Å². The van der Waals surface area contributed by atoms with E-state index in [1.54, 1.807) is 0 Å². The molecule has 0 atom stereocenters. The van der Waals surface area contributed by atoms with Crippen LogP contribution in [0.1, 0.15) is 22.5 Å². The summed E-state index contributed by atoms with van der Waals surface area (Å²) in [5, 5.41) is -0.204. The topological polar surface area (TPSA) is 39.2 Å². The highest BCUT2D eigenvalue weighted by Crippen LogP contribution is 2.34. The van der Waals surface area contributed by atoms with Crippen molar-refractivity contribution in [3.63, 3.8) is 0 Å². The molecule has 1 aromatic rings. The summed E-state index contributed by atoms with van der Waals surface area (Å²) in [4.78, 5) is 14.7. The molecular weight excluding hydrogens is 295 g/mol. The van der Waals surface area contributed by atoms with Gasteiger partial charge in [-0.1, -0.05) is 11.6 Å². The molecule has 0 aromatic carbocycles. The zero-order valence-corrected chi connectivity index (χ0v) is 9.77. The van der Waals surface area contributed by atoms with Crippen molar-refractivity contribution in [1.82, 2.24) is 4.98 Å². The number of nitrogens with zero attached hydrogens (tertiary/aromatic N) is 1. The van der Waals surface area contributed by atoms with Gasteiger partial charge in [0, 0.05) is 6.20 Å². The molecule has 0 saturated carbocycles. The molecule has 0 spiro atoms. The van der Waals surface area contributed by atoms with E-state index < -0.39 is 18.0 Å². The van der Waals surface area contributed by atoms with Gasteiger partial charge in [-0.05, 0) is 15.9 Å². The van der Waals surface area contributed by atoms with E-state index in [-0.39, 0.29) is 15.2 Å². The number of hydrogen-bond donors (Lipinski definition) is 0. The first-order valence-electron chi connectivity index (χ1n) is 3.69. The van der Waals surface area contributed by atoms with Crippen molar-refractivity contribution in [1.29, 1.82) is 0 Å². The molecule has 7 heteroatoms. The molecule has 3 nitrogen and oxygen atoms in total. The van der Waals surface area contributed by atoms with Crippen molar-refractivity contribution in [2.24, 2.45) is 0 Å². The Bertz CT molecular complexity index is 400. The molecule has 0 N–H and O–H groups in total. The molecule has 0 fully saturated rings. The van der Waals surface area contributed by atoms with Crippen LogP contribution in [0.15, 0.2) is 10.7 Å². The lowest BCUT2D eigenvalue weighted by molar-refractivity contribution is 0.0592. The fourth-order valence-electron chi connectivity index (χ4n) is 0.919. The number of rotatable bonds is 2. The zero-order valence-electron chi connectivity index (χ0n) is 7.43. The predicted octanol–water partition coefficient (Wildman–Crippen LogP) is 3.22. The fraction of sp³-hybridized carbons (Fsp3) is 0.250. The van der Waals surface area contributed by atoms with Gasteiger partial charge < -0.3 is 4.74 Å². The van der Waals surface area contributed by atoms with Crippen LogP contribution < -0.4 is 0 Å². The molecule has 1 aromatic heterocycles. The average molecular weight is 300 g/mol. The summed E-state index contributed by atoms with van der Waals surface area (Å²) in [6.45, 7) is 0. The number of hydrogen-bond acceptors (Lipinski definition) is 3. The maximum atomic E-state index is 12.5. The maximum Gasteiger partial charge on any atom is 0.357 e. The summed E-state index contributed by atoms with van der Waals surface area (Å²) >= 11 is 8.37. The molecule has 0 radical (unpaired) electrons. The third-order valence-electron chi connectivity index (χ3n) is 1.61. The van der Waals surface area contributed by atoms with E-state index in [2.05, 4.69) is 25.7 Å². The second-order valence-electron chi connectivity index (χ2n) is 2.47. The molecule has 0 bridgehead atoms. The highest BCUT2D eigenvalue weighted by atomic mass is 79.9. The van der Waals surface area contributed by atoms with Gasteiger partial charge in [0.1, 0.15) is 0 Å². The number of ether oxygens (including phenoxy) is 1.